The quantitative estimate of drug-likeness (QED) is 0.412. The molecule has 3 atom stereocenters. The first-order valence-corrected chi connectivity index (χ1v) is 13.9. The molecular weight excluding hydrogens is 473 g/mol. The summed E-state index contributed by atoms with van der Waals surface area (Å²) >= 11 is 0. The van der Waals surface area contributed by atoms with Gasteiger partial charge in [0, 0.05) is 12.6 Å². The van der Waals surface area contributed by atoms with E-state index in [2.05, 4.69) is 22.9 Å². The van der Waals surface area contributed by atoms with E-state index in [9.17, 15) is 12.8 Å². The number of nitrogens with one attached hydrogen (secondary N) is 1. The fourth-order valence-corrected chi connectivity index (χ4v) is 8.69. The number of nitrogens with zero attached hydrogens (tertiary/aromatic N) is 2. The van der Waals surface area contributed by atoms with Gasteiger partial charge in [-0.15, -0.1) is 0 Å². The molecule has 0 saturated heterocycles. The summed E-state index contributed by atoms with van der Waals surface area (Å²) in [4.78, 5) is 0.440. The zero-order valence-electron chi connectivity index (χ0n) is 19.9. The van der Waals surface area contributed by atoms with Gasteiger partial charge in [0.2, 0.25) is 10.0 Å². The van der Waals surface area contributed by atoms with E-state index in [-0.39, 0.29) is 17.7 Å². The summed E-state index contributed by atoms with van der Waals surface area (Å²) in [5, 5.41) is 4.75. The van der Waals surface area contributed by atoms with Crippen molar-refractivity contribution in [1.29, 1.82) is 0 Å². The molecule has 0 radical (unpaired) electrons. The monoisotopic (exact) mass is 499 g/mol. The number of halogens is 1. The second-order valence-electron chi connectivity index (χ2n) is 10.4. The van der Waals surface area contributed by atoms with Crippen LogP contribution in [0, 0.1) is 17.7 Å². The standard InChI is InChI=1S/C29H26FN3O2S/c1-33-27(18-8-12-24(30)13-9-18)17-26(31-33)20-7-6-19-15-22-10-11-23(16-21(19)14-20)29(22)25-4-2-3-5-28(25)36(34,35)32-29/h2-9,12-14,17,22-23,32H,10-11,15-16H2,1H3/t22-,23?,29-/m1/s1. The number of benzene rings is 3. The highest BCUT2D eigenvalue weighted by atomic mass is 32.2. The van der Waals surface area contributed by atoms with E-state index in [4.69, 9.17) is 5.10 Å². The molecule has 2 heterocycles. The van der Waals surface area contributed by atoms with Gasteiger partial charge in [-0.1, -0.05) is 30.3 Å². The Morgan fingerprint density at radius 2 is 1.61 bits per heavy atom. The van der Waals surface area contributed by atoms with Crippen molar-refractivity contribution in [3.05, 3.63) is 95.3 Å². The Hall–Kier alpha value is -3.29. The first kappa shape index (κ1) is 21.9. The average Bonchev–Trinajstić information content (AvgIpc) is 3.44. The molecule has 182 valence electrons. The van der Waals surface area contributed by atoms with Crippen molar-refractivity contribution in [3.8, 4) is 22.5 Å². The van der Waals surface area contributed by atoms with Crippen LogP contribution in [-0.4, -0.2) is 18.2 Å². The molecule has 7 heteroatoms. The third kappa shape index (κ3) is 3.09. The third-order valence-corrected chi connectivity index (χ3v) is 10.1. The molecule has 2 bridgehead atoms. The van der Waals surface area contributed by atoms with E-state index in [1.54, 1.807) is 18.2 Å². The molecular formula is C29H26FN3O2S. The molecule has 1 fully saturated rings. The van der Waals surface area contributed by atoms with Crippen LogP contribution in [0.4, 0.5) is 4.39 Å². The van der Waals surface area contributed by atoms with Crippen LogP contribution in [0.1, 0.15) is 29.5 Å². The van der Waals surface area contributed by atoms with Crippen molar-refractivity contribution >= 4 is 10.0 Å². The molecule has 7 rings (SSSR count). The minimum absolute atomic E-state index is 0.205. The molecule has 4 aromatic rings. The van der Waals surface area contributed by atoms with E-state index >= 15 is 0 Å². The number of hydrogen-bond acceptors (Lipinski definition) is 3. The first-order chi connectivity index (χ1) is 17.3. The molecule has 1 saturated carbocycles. The highest BCUT2D eigenvalue weighted by molar-refractivity contribution is 7.89. The summed E-state index contributed by atoms with van der Waals surface area (Å²) < 4.78 is 44.6. The van der Waals surface area contributed by atoms with Crippen LogP contribution in [-0.2, 0) is 35.5 Å². The normalized spacial score (nSPS) is 25.5. The van der Waals surface area contributed by atoms with Crippen molar-refractivity contribution in [2.45, 2.75) is 36.1 Å². The number of sulfonamides is 1. The molecule has 1 N–H and O–H groups in total. The van der Waals surface area contributed by atoms with Crippen LogP contribution in [0.5, 0.6) is 0 Å². The maximum atomic E-state index is 13.4. The molecule has 1 aliphatic heterocycles. The van der Waals surface area contributed by atoms with Crippen molar-refractivity contribution in [3.63, 3.8) is 0 Å². The summed E-state index contributed by atoms with van der Waals surface area (Å²) in [5.74, 6) is 0.176. The van der Waals surface area contributed by atoms with E-state index in [0.717, 1.165) is 53.8 Å². The van der Waals surface area contributed by atoms with Gasteiger partial charge in [0.05, 0.1) is 21.8 Å². The molecule has 3 aliphatic rings. The van der Waals surface area contributed by atoms with Crippen molar-refractivity contribution in [1.82, 2.24) is 14.5 Å². The number of rotatable bonds is 2. The van der Waals surface area contributed by atoms with Gasteiger partial charge < -0.3 is 0 Å². The molecule has 5 nitrogen and oxygen atoms in total. The fraction of sp³-hybridized carbons (Fsp3) is 0.276. The summed E-state index contributed by atoms with van der Waals surface area (Å²) in [6, 6.07) is 22.6. The molecule has 1 unspecified atom stereocenters. The Balaban J connectivity index is 1.27. The number of aryl methyl sites for hydroxylation is 1. The Morgan fingerprint density at radius 3 is 2.39 bits per heavy atom. The second-order valence-corrected chi connectivity index (χ2v) is 12.0. The second kappa shape index (κ2) is 7.60. The van der Waals surface area contributed by atoms with E-state index in [0.29, 0.717) is 4.90 Å². The van der Waals surface area contributed by atoms with Gasteiger partial charge >= 0.3 is 0 Å². The topological polar surface area (TPSA) is 64.0 Å². The minimum Gasteiger partial charge on any atom is -0.267 e. The molecule has 3 aromatic carbocycles. The van der Waals surface area contributed by atoms with Gasteiger partial charge in [0.15, 0.2) is 0 Å². The lowest BCUT2D eigenvalue weighted by Crippen LogP contribution is -2.47. The third-order valence-electron chi connectivity index (χ3n) is 8.53. The van der Waals surface area contributed by atoms with Crippen molar-refractivity contribution < 1.29 is 12.8 Å². The molecule has 36 heavy (non-hydrogen) atoms. The van der Waals surface area contributed by atoms with Gasteiger partial charge in [-0.25, -0.2) is 12.8 Å². The lowest BCUT2D eigenvalue weighted by atomic mass is 9.74. The Labute approximate surface area is 210 Å². The number of aromatic nitrogens is 2. The first-order valence-electron chi connectivity index (χ1n) is 12.4. The van der Waals surface area contributed by atoms with Gasteiger partial charge in [-0.3, -0.25) is 4.68 Å². The summed E-state index contributed by atoms with van der Waals surface area (Å²) in [7, 11) is -1.61. The summed E-state index contributed by atoms with van der Waals surface area (Å²) in [5.41, 5.74) is 6.73. The number of hydrogen-bond donors (Lipinski definition) is 1. The van der Waals surface area contributed by atoms with Crippen LogP contribution in [0.3, 0.4) is 0 Å². The molecule has 1 aromatic heterocycles. The summed E-state index contributed by atoms with van der Waals surface area (Å²) in [6.45, 7) is 0. The van der Waals surface area contributed by atoms with Crippen molar-refractivity contribution in [2.75, 3.05) is 0 Å². The average molecular weight is 500 g/mol. The zero-order valence-corrected chi connectivity index (χ0v) is 20.7. The lowest BCUT2D eigenvalue weighted by molar-refractivity contribution is 0.232. The largest absolute Gasteiger partial charge is 0.267 e. The van der Waals surface area contributed by atoms with E-state index < -0.39 is 15.6 Å². The van der Waals surface area contributed by atoms with Gasteiger partial charge in [0.1, 0.15) is 5.82 Å². The van der Waals surface area contributed by atoms with Crippen molar-refractivity contribution in [2.24, 2.45) is 18.9 Å². The molecule has 1 spiro atoms. The van der Waals surface area contributed by atoms with Crippen LogP contribution in [0.25, 0.3) is 22.5 Å². The van der Waals surface area contributed by atoms with Gasteiger partial charge in [-0.2, -0.15) is 9.82 Å². The Kier molecular flexibility index (Phi) is 4.64. The smallest absolute Gasteiger partial charge is 0.241 e. The van der Waals surface area contributed by atoms with E-state index in [1.807, 2.05) is 36.0 Å². The molecule has 2 aliphatic carbocycles. The predicted octanol–water partition coefficient (Wildman–Crippen LogP) is 5.21. The van der Waals surface area contributed by atoms with Crippen LogP contribution in [0.15, 0.2) is 77.7 Å². The highest BCUT2D eigenvalue weighted by Gasteiger charge is 2.59. The minimum atomic E-state index is -3.51. The lowest BCUT2D eigenvalue weighted by Gasteiger charge is -2.35. The number of fused-ring (bicyclic) bond motifs is 2. The fourth-order valence-electron chi connectivity index (χ4n) is 6.90. The Bertz CT molecular complexity index is 1630. The van der Waals surface area contributed by atoms with Crippen LogP contribution >= 0.6 is 0 Å². The Morgan fingerprint density at radius 1 is 0.917 bits per heavy atom. The zero-order chi connectivity index (χ0) is 24.7. The summed E-state index contributed by atoms with van der Waals surface area (Å²) in [6.07, 6.45) is 3.70. The SMILES string of the molecule is Cn1nc(-c2ccc3c(c2)CC2CC[C@H](C3)[C@@]23NS(=O)(=O)c2ccccc23)cc1-c1ccc(F)cc1. The van der Waals surface area contributed by atoms with Gasteiger partial charge in [0.25, 0.3) is 0 Å². The maximum Gasteiger partial charge on any atom is 0.241 e. The van der Waals surface area contributed by atoms with E-state index in [1.165, 1.54) is 23.3 Å². The predicted molar refractivity (Wildman–Crippen MR) is 136 cm³/mol. The van der Waals surface area contributed by atoms with Crippen LogP contribution < -0.4 is 4.72 Å². The highest BCUT2D eigenvalue weighted by Crippen LogP contribution is 2.57. The van der Waals surface area contributed by atoms with Crippen LogP contribution in [0.2, 0.25) is 0 Å². The maximum absolute atomic E-state index is 13.4. The molecule has 0 amide bonds. The van der Waals surface area contributed by atoms with Gasteiger partial charge in [-0.05, 0) is 102 Å².